The first kappa shape index (κ1) is 10.6. The first-order chi connectivity index (χ1) is 7.31. The molecule has 1 aromatic carbocycles. The molecule has 0 aliphatic carbocycles. The number of thiol groups is 1. The highest BCUT2D eigenvalue weighted by atomic mass is 32.1. The molecule has 0 bridgehead atoms. The highest BCUT2D eigenvalue weighted by Crippen LogP contribution is 2.15. The topological polar surface area (TPSA) is 17.8 Å². The van der Waals surface area contributed by atoms with Crippen molar-refractivity contribution >= 4 is 23.7 Å². The van der Waals surface area contributed by atoms with Crippen LogP contribution in [0.25, 0.3) is 11.0 Å². The maximum Gasteiger partial charge on any atom is 0.0958 e. The van der Waals surface area contributed by atoms with Crippen molar-refractivity contribution in [3.8, 4) is 0 Å². The fourth-order valence-corrected chi connectivity index (χ4v) is 2.24. The smallest absolute Gasteiger partial charge is 0.0958 e. The third-order valence-electron chi connectivity index (χ3n) is 2.66. The Morgan fingerprint density at radius 2 is 2.20 bits per heavy atom. The molecule has 1 aromatic heterocycles. The normalized spacial score (nSPS) is 13.2. The molecule has 0 N–H and O–H groups in total. The summed E-state index contributed by atoms with van der Waals surface area (Å²) in [5.74, 6) is 1.61. The van der Waals surface area contributed by atoms with Gasteiger partial charge in [-0.1, -0.05) is 19.1 Å². The van der Waals surface area contributed by atoms with E-state index in [1.54, 1.807) is 0 Å². The SMILES string of the molecule is CC(CCS)Cn1cnc2ccccc21. The number of para-hydroxylation sites is 2. The summed E-state index contributed by atoms with van der Waals surface area (Å²) in [6, 6.07) is 8.26. The van der Waals surface area contributed by atoms with Gasteiger partial charge in [-0.2, -0.15) is 12.6 Å². The van der Waals surface area contributed by atoms with Gasteiger partial charge in [-0.3, -0.25) is 0 Å². The van der Waals surface area contributed by atoms with Crippen LogP contribution in [0.1, 0.15) is 13.3 Å². The van der Waals surface area contributed by atoms with Gasteiger partial charge in [0, 0.05) is 6.54 Å². The summed E-state index contributed by atoms with van der Waals surface area (Å²) in [6.07, 6.45) is 3.08. The third kappa shape index (κ3) is 2.34. The van der Waals surface area contributed by atoms with E-state index < -0.39 is 0 Å². The van der Waals surface area contributed by atoms with Gasteiger partial charge in [0.05, 0.1) is 17.4 Å². The summed E-state index contributed by atoms with van der Waals surface area (Å²) < 4.78 is 2.23. The van der Waals surface area contributed by atoms with E-state index >= 15 is 0 Å². The van der Waals surface area contributed by atoms with Crippen LogP contribution in [0.3, 0.4) is 0 Å². The summed E-state index contributed by atoms with van der Waals surface area (Å²) in [7, 11) is 0. The lowest BCUT2D eigenvalue weighted by Gasteiger charge is -2.11. The molecule has 0 radical (unpaired) electrons. The minimum absolute atomic E-state index is 0.653. The van der Waals surface area contributed by atoms with E-state index in [1.165, 1.54) is 5.52 Å². The van der Waals surface area contributed by atoms with Crippen LogP contribution in [0, 0.1) is 5.92 Å². The highest BCUT2D eigenvalue weighted by Gasteiger charge is 2.05. The Bertz CT molecular complexity index is 436. The molecule has 15 heavy (non-hydrogen) atoms. The Kier molecular flexibility index (Phi) is 3.31. The summed E-state index contributed by atoms with van der Waals surface area (Å²) in [4.78, 5) is 4.38. The van der Waals surface area contributed by atoms with Crippen molar-refractivity contribution < 1.29 is 0 Å². The van der Waals surface area contributed by atoms with E-state index in [0.717, 1.165) is 24.2 Å². The van der Waals surface area contributed by atoms with E-state index in [2.05, 4.69) is 47.3 Å². The second-order valence-corrected chi connectivity index (χ2v) is 4.45. The van der Waals surface area contributed by atoms with Gasteiger partial charge in [-0.05, 0) is 30.2 Å². The number of hydrogen-bond donors (Lipinski definition) is 1. The first-order valence-electron chi connectivity index (χ1n) is 5.32. The zero-order valence-electron chi connectivity index (χ0n) is 8.93. The predicted molar refractivity (Wildman–Crippen MR) is 67.4 cm³/mol. The summed E-state index contributed by atoms with van der Waals surface area (Å²) >= 11 is 4.26. The average molecular weight is 220 g/mol. The number of fused-ring (bicyclic) bond motifs is 1. The maximum atomic E-state index is 4.38. The van der Waals surface area contributed by atoms with Gasteiger partial charge in [-0.25, -0.2) is 4.98 Å². The minimum Gasteiger partial charge on any atom is -0.330 e. The van der Waals surface area contributed by atoms with E-state index in [9.17, 15) is 0 Å². The number of benzene rings is 1. The molecule has 3 heteroatoms. The number of rotatable bonds is 4. The summed E-state index contributed by atoms with van der Waals surface area (Å²) in [5, 5.41) is 0. The molecule has 0 spiro atoms. The average Bonchev–Trinajstić information content (AvgIpc) is 2.62. The fraction of sp³-hybridized carbons (Fsp3) is 0.417. The molecule has 0 aliphatic rings. The molecule has 2 rings (SSSR count). The van der Waals surface area contributed by atoms with Gasteiger partial charge in [0.1, 0.15) is 0 Å². The Hall–Kier alpha value is -0.960. The van der Waals surface area contributed by atoms with Crippen molar-refractivity contribution in [2.24, 2.45) is 5.92 Å². The van der Waals surface area contributed by atoms with E-state index in [4.69, 9.17) is 0 Å². The molecular formula is C12H16N2S. The Morgan fingerprint density at radius 3 is 3.00 bits per heavy atom. The predicted octanol–water partition coefficient (Wildman–Crippen LogP) is 2.99. The first-order valence-corrected chi connectivity index (χ1v) is 5.95. The molecule has 1 unspecified atom stereocenters. The van der Waals surface area contributed by atoms with Crippen LogP contribution in [0.4, 0.5) is 0 Å². The van der Waals surface area contributed by atoms with E-state index in [1.807, 2.05) is 12.4 Å². The molecule has 2 nitrogen and oxygen atoms in total. The van der Waals surface area contributed by atoms with Gasteiger partial charge in [0.2, 0.25) is 0 Å². The molecule has 1 heterocycles. The van der Waals surface area contributed by atoms with Crippen molar-refractivity contribution in [3.63, 3.8) is 0 Å². The molecular weight excluding hydrogens is 204 g/mol. The van der Waals surface area contributed by atoms with Gasteiger partial charge >= 0.3 is 0 Å². The standard InChI is InChI=1S/C12H16N2S/c1-10(6-7-15)8-14-9-13-11-4-2-3-5-12(11)14/h2-5,9-10,15H,6-8H2,1H3. The second kappa shape index (κ2) is 4.71. The molecule has 0 fully saturated rings. The lowest BCUT2D eigenvalue weighted by Crippen LogP contribution is -2.06. The minimum atomic E-state index is 0.653. The summed E-state index contributed by atoms with van der Waals surface area (Å²) in [6.45, 7) is 3.28. The molecule has 1 atom stereocenters. The lowest BCUT2D eigenvalue weighted by atomic mass is 10.1. The number of hydrogen-bond acceptors (Lipinski definition) is 2. The third-order valence-corrected chi connectivity index (χ3v) is 2.92. The Morgan fingerprint density at radius 1 is 1.40 bits per heavy atom. The number of nitrogens with zero attached hydrogens (tertiary/aromatic N) is 2. The van der Waals surface area contributed by atoms with Gasteiger partial charge < -0.3 is 4.57 Å². The van der Waals surface area contributed by atoms with Crippen LogP contribution >= 0.6 is 12.6 Å². The monoisotopic (exact) mass is 220 g/mol. The van der Waals surface area contributed by atoms with E-state index in [0.29, 0.717) is 5.92 Å². The van der Waals surface area contributed by atoms with Crippen LogP contribution in [-0.4, -0.2) is 15.3 Å². The van der Waals surface area contributed by atoms with Crippen molar-refractivity contribution in [3.05, 3.63) is 30.6 Å². The molecule has 0 saturated heterocycles. The van der Waals surface area contributed by atoms with Crippen LogP contribution < -0.4 is 0 Å². The van der Waals surface area contributed by atoms with Crippen LogP contribution in [0.2, 0.25) is 0 Å². The molecule has 0 aliphatic heterocycles. The summed E-state index contributed by atoms with van der Waals surface area (Å²) in [5.41, 5.74) is 2.30. The van der Waals surface area contributed by atoms with Crippen LogP contribution in [0.15, 0.2) is 30.6 Å². The van der Waals surface area contributed by atoms with Crippen molar-refractivity contribution in [2.75, 3.05) is 5.75 Å². The van der Waals surface area contributed by atoms with Crippen molar-refractivity contribution in [2.45, 2.75) is 19.9 Å². The Labute approximate surface area is 95.7 Å². The van der Waals surface area contributed by atoms with Crippen LogP contribution in [-0.2, 0) is 6.54 Å². The molecule has 80 valence electrons. The Balaban J connectivity index is 2.21. The van der Waals surface area contributed by atoms with Gasteiger partial charge in [0.15, 0.2) is 0 Å². The van der Waals surface area contributed by atoms with Crippen LogP contribution in [0.5, 0.6) is 0 Å². The maximum absolute atomic E-state index is 4.38. The van der Waals surface area contributed by atoms with Crippen molar-refractivity contribution in [1.29, 1.82) is 0 Å². The van der Waals surface area contributed by atoms with E-state index in [-0.39, 0.29) is 0 Å². The second-order valence-electron chi connectivity index (χ2n) is 4.00. The van der Waals surface area contributed by atoms with Crippen molar-refractivity contribution in [1.82, 2.24) is 9.55 Å². The number of aromatic nitrogens is 2. The highest BCUT2D eigenvalue weighted by molar-refractivity contribution is 7.80. The molecule has 0 saturated carbocycles. The zero-order valence-corrected chi connectivity index (χ0v) is 9.82. The zero-order chi connectivity index (χ0) is 10.7. The van der Waals surface area contributed by atoms with Gasteiger partial charge in [0.25, 0.3) is 0 Å². The molecule has 0 amide bonds. The number of imidazole rings is 1. The largest absolute Gasteiger partial charge is 0.330 e. The molecule has 2 aromatic rings. The quantitative estimate of drug-likeness (QED) is 0.784. The fourth-order valence-electron chi connectivity index (χ4n) is 1.80. The lowest BCUT2D eigenvalue weighted by molar-refractivity contribution is 0.479. The van der Waals surface area contributed by atoms with Gasteiger partial charge in [-0.15, -0.1) is 0 Å².